The molecule has 2 rings (SSSR count). The zero-order chi connectivity index (χ0) is 9.26. The van der Waals surface area contributed by atoms with Gasteiger partial charge in [-0.05, 0) is 6.42 Å². The Morgan fingerprint density at radius 1 is 1.31 bits per heavy atom. The van der Waals surface area contributed by atoms with Crippen molar-refractivity contribution >= 4 is 5.97 Å². The molecular formula is C8H15N3O2. The first-order valence-corrected chi connectivity index (χ1v) is 4.59. The molecule has 2 aliphatic heterocycles. The van der Waals surface area contributed by atoms with Gasteiger partial charge in [-0.3, -0.25) is 15.4 Å². The number of ether oxygens (including phenoxy) is 1. The van der Waals surface area contributed by atoms with Gasteiger partial charge in [0.05, 0.1) is 7.11 Å². The van der Waals surface area contributed by atoms with Crippen molar-refractivity contribution < 1.29 is 9.53 Å². The Bertz CT molecular complexity index is 210. The smallest absolute Gasteiger partial charge is 0.322 e. The number of esters is 1. The first-order chi connectivity index (χ1) is 6.31. The summed E-state index contributed by atoms with van der Waals surface area (Å²) in [6.07, 6.45) is 0.810. The molecule has 0 bridgehead atoms. The van der Waals surface area contributed by atoms with Gasteiger partial charge in [-0.2, -0.15) is 0 Å². The SMILES string of the molecule is COC(=O)C1CC2NCNC2CN1. The number of hydrogen-bond donors (Lipinski definition) is 3. The maximum Gasteiger partial charge on any atom is 0.322 e. The molecule has 0 radical (unpaired) electrons. The number of piperidine rings is 1. The number of carbonyl (C=O) groups is 1. The molecule has 0 amide bonds. The molecule has 2 fully saturated rings. The van der Waals surface area contributed by atoms with Crippen LogP contribution in [0.15, 0.2) is 0 Å². The number of hydrogen-bond acceptors (Lipinski definition) is 5. The summed E-state index contributed by atoms with van der Waals surface area (Å²) in [6.45, 7) is 1.67. The zero-order valence-electron chi connectivity index (χ0n) is 7.67. The van der Waals surface area contributed by atoms with Crippen LogP contribution in [0.4, 0.5) is 0 Å². The van der Waals surface area contributed by atoms with Gasteiger partial charge in [-0.1, -0.05) is 0 Å². The maximum absolute atomic E-state index is 11.2. The van der Waals surface area contributed by atoms with Gasteiger partial charge in [-0.15, -0.1) is 0 Å². The molecule has 0 spiro atoms. The van der Waals surface area contributed by atoms with E-state index >= 15 is 0 Å². The molecule has 5 heteroatoms. The Labute approximate surface area is 77.2 Å². The molecule has 0 aromatic rings. The molecule has 2 saturated heterocycles. The molecule has 3 unspecified atom stereocenters. The average Bonchev–Trinajstić information content (AvgIpc) is 2.63. The molecule has 3 atom stereocenters. The lowest BCUT2D eigenvalue weighted by Gasteiger charge is -2.30. The third kappa shape index (κ3) is 1.67. The first kappa shape index (κ1) is 8.93. The number of rotatable bonds is 1. The van der Waals surface area contributed by atoms with Gasteiger partial charge in [-0.25, -0.2) is 0 Å². The molecule has 0 aromatic carbocycles. The van der Waals surface area contributed by atoms with E-state index in [1.54, 1.807) is 0 Å². The number of carbonyl (C=O) groups excluding carboxylic acids is 1. The van der Waals surface area contributed by atoms with Crippen molar-refractivity contribution in [3.8, 4) is 0 Å². The molecular weight excluding hydrogens is 170 g/mol. The largest absolute Gasteiger partial charge is 0.468 e. The lowest BCUT2D eigenvalue weighted by Crippen LogP contribution is -2.55. The Hall–Kier alpha value is -0.650. The van der Waals surface area contributed by atoms with Crippen LogP contribution in [0, 0.1) is 0 Å². The van der Waals surface area contributed by atoms with Crippen LogP contribution in [0.2, 0.25) is 0 Å². The second-order valence-electron chi connectivity index (χ2n) is 3.52. The minimum Gasteiger partial charge on any atom is -0.468 e. The van der Waals surface area contributed by atoms with Crippen molar-refractivity contribution in [1.29, 1.82) is 0 Å². The van der Waals surface area contributed by atoms with E-state index in [2.05, 4.69) is 20.7 Å². The Morgan fingerprint density at radius 3 is 2.85 bits per heavy atom. The summed E-state index contributed by atoms with van der Waals surface area (Å²) in [6, 6.07) is 0.727. The van der Waals surface area contributed by atoms with E-state index in [1.165, 1.54) is 7.11 Å². The van der Waals surface area contributed by atoms with Crippen LogP contribution in [-0.4, -0.2) is 44.4 Å². The molecule has 0 saturated carbocycles. The number of nitrogens with one attached hydrogen (secondary N) is 3. The van der Waals surface area contributed by atoms with Crippen LogP contribution < -0.4 is 16.0 Å². The summed E-state index contributed by atoms with van der Waals surface area (Å²) in [5, 5.41) is 9.78. The van der Waals surface area contributed by atoms with Crippen molar-refractivity contribution in [3.05, 3.63) is 0 Å². The van der Waals surface area contributed by atoms with E-state index in [4.69, 9.17) is 0 Å². The van der Waals surface area contributed by atoms with Crippen LogP contribution in [0.5, 0.6) is 0 Å². The summed E-state index contributed by atoms with van der Waals surface area (Å²) >= 11 is 0. The van der Waals surface area contributed by atoms with E-state index in [9.17, 15) is 4.79 Å². The third-order valence-electron chi connectivity index (χ3n) is 2.77. The molecule has 2 aliphatic rings. The fourth-order valence-electron chi connectivity index (χ4n) is 2.00. The van der Waals surface area contributed by atoms with Crippen LogP contribution in [-0.2, 0) is 9.53 Å². The van der Waals surface area contributed by atoms with Gasteiger partial charge in [0.1, 0.15) is 6.04 Å². The van der Waals surface area contributed by atoms with Crippen LogP contribution in [0.3, 0.4) is 0 Å². The summed E-state index contributed by atoms with van der Waals surface area (Å²) in [4.78, 5) is 11.2. The topological polar surface area (TPSA) is 62.4 Å². The van der Waals surface area contributed by atoms with E-state index < -0.39 is 0 Å². The predicted octanol–water partition coefficient (Wildman–Crippen LogP) is -1.59. The summed E-state index contributed by atoms with van der Waals surface area (Å²) in [7, 11) is 1.43. The van der Waals surface area contributed by atoms with Gasteiger partial charge in [0.25, 0.3) is 0 Å². The monoisotopic (exact) mass is 185 g/mol. The highest BCUT2D eigenvalue weighted by molar-refractivity contribution is 5.75. The van der Waals surface area contributed by atoms with Crippen LogP contribution >= 0.6 is 0 Å². The summed E-state index contributed by atoms with van der Waals surface area (Å²) in [5.41, 5.74) is 0. The van der Waals surface area contributed by atoms with Gasteiger partial charge < -0.3 is 10.1 Å². The van der Waals surface area contributed by atoms with E-state index in [1.807, 2.05) is 0 Å². The predicted molar refractivity (Wildman–Crippen MR) is 47.1 cm³/mol. The minimum absolute atomic E-state index is 0.140. The maximum atomic E-state index is 11.2. The highest BCUT2D eigenvalue weighted by atomic mass is 16.5. The normalized spacial score (nSPS) is 38.4. The van der Waals surface area contributed by atoms with Gasteiger partial charge in [0.2, 0.25) is 0 Å². The molecule has 74 valence electrons. The molecule has 3 N–H and O–H groups in total. The number of fused-ring (bicyclic) bond motifs is 1. The van der Waals surface area contributed by atoms with Crippen LogP contribution in [0.1, 0.15) is 6.42 Å². The Morgan fingerprint density at radius 2 is 2.08 bits per heavy atom. The molecule has 13 heavy (non-hydrogen) atoms. The van der Waals surface area contributed by atoms with Gasteiger partial charge in [0, 0.05) is 25.3 Å². The van der Waals surface area contributed by atoms with E-state index in [-0.39, 0.29) is 12.0 Å². The van der Waals surface area contributed by atoms with Gasteiger partial charge >= 0.3 is 5.97 Å². The van der Waals surface area contributed by atoms with Crippen molar-refractivity contribution in [2.24, 2.45) is 0 Å². The lowest BCUT2D eigenvalue weighted by molar-refractivity contribution is -0.143. The Balaban J connectivity index is 1.93. The molecule has 2 heterocycles. The first-order valence-electron chi connectivity index (χ1n) is 4.59. The highest BCUT2D eigenvalue weighted by Crippen LogP contribution is 2.13. The third-order valence-corrected chi connectivity index (χ3v) is 2.77. The molecule has 0 aromatic heterocycles. The number of methoxy groups -OCH3 is 1. The van der Waals surface area contributed by atoms with Crippen LogP contribution in [0.25, 0.3) is 0 Å². The van der Waals surface area contributed by atoms with Crippen molar-refractivity contribution in [1.82, 2.24) is 16.0 Å². The molecule has 5 nitrogen and oxygen atoms in total. The lowest BCUT2D eigenvalue weighted by atomic mass is 9.96. The van der Waals surface area contributed by atoms with Crippen molar-refractivity contribution in [2.75, 3.05) is 20.3 Å². The fourth-order valence-corrected chi connectivity index (χ4v) is 2.00. The van der Waals surface area contributed by atoms with Crippen molar-refractivity contribution in [2.45, 2.75) is 24.5 Å². The summed E-state index contributed by atoms with van der Waals surface area (Å²) in [5.74, 6) is -0.160. The summed E-state index contributed by atoms with van der Waals surface area (Å²) < 4.78 is 4.69. The zero-order valence-corrected chi connectivity index (χ0v) is 7.67. The van der Waals surface area contributed by atoms with Gasteiger partial charge in [0.15, 0.2) is 0 Å². The van der Waals surface area contributed by atoms with E-state index in [0.29, 0.717) is 12.1 Å². The highest BCUT2D eigenvalue weighted by Gasteiger charge is 2.36. The Kier molecular flexibility index (Phi) is 2.48. The fraction of sp³-hybridized carbons (Fsp3) is 0.875. The van der Waals surface area contributed by atoms with E-state index in [0.717, 1.165) is 19.6 Å². The second kappa shape index (κ2) is 3.61. The standard InChI is InChI=1S/C8H15N3O2/c1-13-8(12)6-2-5-7(3-9-6)11-4-10-5/h5-7,9-11H,2-4H2,1H3. The molecule has 0 aliphatic carbocycles. The minimum atomic E-state index is -0.160. The van der Waals surface area contributed by atoms with Crippen molar-refractivity contribution in [3.63, 3.8) is 0 Å². The quantitative estimate of drug-likeness (QED) is 0.430. The average molecular weight is 185 g/mol. The second-order valence-corrected chi connectivity index (χ2v) is 3.52.